The van der Waals surface area contributed by atoms with Crippen LogP contribution in [0.5, 0.6) is 0 Å². The van der Waals surface area contributed by atoms with Crippen molar-refractivity contribution < 1.29 is 14.3 Å². The molecular weight excluding hydrogens is 308 g/mol. The first-order valence-electron chi connectivity index (χ1n) is 6.28. The van der Waals surface area contributed by atoms with Crippen LogP contribution in [0, 0.1) is 0 Å². The summed E-state index contributed by atoms with van der Waals surface area (Å²) >= 11 is 7.56. The number of carboxylic acid groups (broad SMARTS) is 1. The van der Waals surface area contributed by atoms with Crippen LogP contribution in [0.25, 0.3) is 11.0 Å². The van der Waals surface area contributed by atoms with E-state index in [1.54, 1.807) is 24.3 Å². The third-order valence-electron chi connectivity index (χ3n) is 3.08. The van der Waals surface area contributed by atoms with E-state index >= 15 is 0 Å². The molecule has 0 bridgehead atoms. The van der Waals surface area contributed by atoms with Gasteiger partial charge >= 0.3 is 5.97 Å². The van der Waals surface area contributed by atoms with Crippen molar-refractivity contribution >= 4 is 40.3 Å². The monoisotopic (exact) mass is 318 g/mol. The number of carboxylic acids is 1. The Morgan fingerprint density at radius 2 is 1.86 bits per heavy atom. The Bertz CT molecular complexity index is 810. The second-order valence-electron chi connectivity index (χ2n) is 4.42. The Labute approximate surface area is 130 Å². The van der Waals surface area contributed by atoms with Crippen molar-refractivity contribution in [2.45, 2.75) is 10.6 Å². The Kier molecular flexibility index (Phi) is 3.90. The molecular formula is C16H11ClO3S. The zero-order valence-electron chi connectivity index (χ0n) is 10.9. The number of halogens is 1. The number of fused-ring (bicyclic) bond motifs is 1. The van der Waals surface area contributed by atoms with Gasteiger partial charge in [0.1, 0.15) is 16.9 Å². The summed E-state index contributed by atoms with van der Waals surface area (Å²) < 4.78 is 5.68. The van der Waals surface area contributed by atoms with Crippen LogP contribution in [0.1, 0.15) is 16.1 Å². The summed E-state index contributed by atoms with van der Waals surface area (Å²) in [6.45, 7) is 0. The van der Waals surface area contributed by atoms with E-state index in [1.807, 2.05) is 24.3 Å². The van der Waals surface area contributed by atoms with Crippen molar-refractivity contribution in [1.82, 2.24) is 0 Å². The number of hydrogen-bond acceptors (Lipinski definition) is 3. The lowest BCUT2D eigenvalue weighted by molar-refractivity contribution is 0.0697. The first-order valence-corrected chi connectivity index (χ1v) is 7.64. The maximum absolute atomic E-state index is 11.5. The second kappa shape index (κ2) is 5.84. The maximum Gasteiger partial charge on any atom is 0.339 e. The quantitative estimate of drug-likeness (QED) is 0.682. The summed E-state index contributed by atoms with van der Waals surface area (Å²) in [5.41, 5.74) is 0.815. The van der Waals surface area contributed by atoms with E-state index in [-0.39, 0.29) is 5.56 Å². The highest BCUT2D eigenvalue weighted by Gasteiger charge is 2.20. The number of thioether (sulfide) groups is 1. The molecule has 0 atom stereocenters. The number of rotatable bonds is 4. The van der Waals surface area contributed by atoms with Gasteiger partial charge in [-0.3, -0.25) is 0 Å². The molecule has 1 aromatic heterocycles. The molecule has 3 rings (SSSR count). The van der Waals surface area contributed by atoms with Gasteiger partial charge in [-0.05, 0) is 18.2 Å². The third kappa shape index (κ3) is 2.77. The average Bonchev–Trinajstić information content (AvgIpc) is 2.85. The van der Waals surface area contributed by atoms with Gasteiger partial charge in [-0.1, -0.05) is 41.9 Å². The molecule has 3 aromatic rings. The van der Waals surface area contributed by atoms with E-state index in [0.29, 0.717) is 27.5 Å². The fraction of sp³-hybridized carbons (Fsp3) is 0.0625. The van der Waals surface area contributed by atoms with Gasteiger partial charge in [0.25, 0.3) is 0 Å². The molecule has 2 aromatic carbocycles. The topological polar surface area (TPSA) is 50.4 Å². The lowest BCUT2D eigenvalue weighted by Crippen LogP contribution is -1.98. The van der Waals surface area contributed by atoms with Crippen LogP contribution >= 0.6 is 23.4 Å². The summed E-state index contributed by atoms with van der Waals surface area (Å²) in [5.74, 6) is -0.108. The van der Waals surface area contributed by atoms with E-state index in [2.05, 4.69) is 0 Å². The molecule has 0 saturated carbocycles. The number of aromatic carboxylic acids is 1. The van der Waals surface area contributed by atoms with Gasteiger partial charge in [-0.2, -0.15) is 0 Å². The van der Waals surface area contributed by atoms with Gasteiger partial charge in [-0.15, -0.1) is 11.8 Å². The lowest BCUT2D eigenvalue weighted by Gasteiger charge is -2.02. The van der Waals surface area contributed by atoms with Gasteiger partial charge in [0.2, 0.25) is 0 Å². The number of benzene rings is 2. The van der Waals surface area contributed by atoms with E-state index in [0.717, 1.165) is 4.90 Å². The molecule has 0 radical (unpaired) electrons. The molecule has 106 valence electrons. The summed E-state index contributed by atoms with van der Waals surface area (Å²) in [6, 6.07) is 14.6. The molecule has 0 unspecified atom stereocenters. The molecule has 0 aliphatic carbocycles. The molecule has 1 heterocycles. The lowest BCUT2D eigenvalue weighted by atomic mass is 10.1. The minimum absolute atomic E-state index is 0.227. The average molecular weight is 319 g/mol. The van der Waals surface area contributed by atoms with Crippen molar-refractivity contribution in [3.63, 3.8) is 0 Å². The molecule has 5 heteroatoms. The predicted molar refractivity (Wildman–Crippen MR) is 84.2 cm³/mol. The summed E-state index contributed by atoms with van der Waals surface area (Å²) in [4.78, 5) is 12.4. The fourth-order valence-corrected chi connectivity index (χ4v) is 3.31. The second-order valence-corrected chi connectivity index (χ2v) is 5.85. The Morgan fingerprint density at radius 1 is 1.14 bits per heavy atom. The Balaban J connectivity index is 1.95. The molecule has 0 amide bonds. The number of furan rings is 1. The SMILES string of the molecule is O=C(O)c1c(CSc2ccccc2Cl)oc2ccccc12. The van der Waals surface area contributed by atoms with E-state index in [4.69, 9.17) is 16.0 Å². The van der Waals surface area contributed by atoms with E-state index < -0.39 is 5.97 Å². The summed E-state index contributed by atoms with van der Waals surface area (Å²) in [5, 5.41) is 10.7. The number of para-hydroxylation sites is 1. The summed E-state index contributed by atoms with van der Waals surface area (Å²) in [6.07, 6.45) is 0. The Morgan fingerprint density at radius 3 is 2.62 bits per heavy atom. The van der Waals surface area contributed by atoms with Gasteiger partial charge < -0.3 is 9.52 Å². The smallest absolute Gasteiger partial charge is 0.339 e. The highest BCUT2D eigenvalue weighted by molar-refractivity contribution is 7.98. The molecule has 0 aliphatic rings. The van der Waals surface area contributed by atoms with Crippen LogP contribution in [0.2, 0.25) is 5.02 Å². The highest BCUT2D eigenvalue weighted by atomic mass is 35.5. The van der Waals surface area contributed by atoms with Crippen LogP contribution in [0.4, 0.5) is 0 Å². The van der Waals surface area contributed by atoms with Crippen molar-refractivity contribution in [2.75, 3.05) is 0 Å². The zero-order valence-corrected chi connectivity index (χ0v) is 12.4. The van der Waals surface area contributed by atoms with Gasteiger partial charge in [-0.25, -0.2) is 4.79 Å². The van der Waals surface area contributed by atoms with Crippen molar-refractivity contribution in [2.24, 2.45) is 0 Å². The Hall–Kier alpha value is -1.91. The van der Waals surface area contributed by atoms with Crippen molar-refractivity contribution in [3.8, 4) is 0 Å². The van der Waals surface area contributed by atoms with Crippen LogP contribution in [0.3, 0.4) is 0 Å². The van der Waals surface area contributed by atoms with Crippen LogP contribution in [-0.4, -0.2) is 11.1 Å². The van der Waals surface area contributed by atoms with Crippen LogP contribution in [-0.2, 0) is 5.75 Å². The fourth-order valence-electron chi connectivity index (χ4n) is 2.14. The highest BCUT2D eigenvalue weighted by Crippen LogP contribution is 2.33. The van der Waals surface area contributed by atoms with Crippen molar-refractivity contribution in [1.29, 1.82) is 0 Å². The van der Waals surface area contributed by atoms with Crippen LogP contribution < -0.4 is 0 Å². The van der Waals surface area contributed by atoms with Crippen LogP contribution in [0.15, 0.2) is 57.8 Å². The first-order chi connectivity index (χ1) is 10.2. The largest absolute Gasteiger partial charge is 0.478 e. The third-order valence-corrected chi connectivity index (χ3v) is 4.59. The first kappa shape index (κ1) is 14.0. The standard InChI is InChI=1S/C16H11ClO3S/c17-11-6-2-4-8-14(11)21-9-13-15(16(18)19)10-5-1-3-7-12(10)20-13/h1-8H,9H2,(H,18,19). The maximum atomic E-state index is 11.5. The van der Waals surface area contributed by atoms with Crippen molar-refractivity contribution in [3.05, 3.63) is 64.9 Å². The van der Waals surface area contributed by atoms with Gasteiger partial charge in [0.15, 0.2) is 0 Å². The minimum Gasteiger partial charge on any atom is -0.478 e. The van der Waals surface area contributed by atoms with Gasteiger partial charge in [0.05, 0.1) is 10.8 Å². The molecule has 3 nitrogen and oxygen atoms in total. The van der Waals surface area contributed by atoms with E-state index in [9.17, 15) is 9.90 Å². The van der Waals surface area contributed by atoms with E-state index in [1.165, 1.54) is 11.8 Å². The molecule has 0 saturated heterocycles. The minimum atomic E-state index is -0.977. The zero-order chi connectivity index (χ0) is 14.8. The summed E-state index contributed by atoms with van der Waals surface area (Å²) in [7, 11) is 0. The molecule has 0 spiro atoms. The number of carbonyl (C=O) groups is 1. The van der Waals surface area contributed by atoms with Gasteiger partial charge in [0, 0.05) is 10.3 Å². The molecule has 0 aliphatic heterocycles. The molecule has 21 heavy (non-hydrogen) atoms. The predicted octanol–water partition coefficient (Wildman–Crippen LogP) is 5.08. The molecule has 0 fully saturated rings. The number of hydrogen-bond donors (Lipinski definition) is 1. The normalized spacial score (nSPS) is 10.9. The molecule has 1 N–H and O–H groups in total.